The van der Waals surface area contributed by atoms with Gasteiger partial charge in [0.2, 0.25) is 5.91 Å². The zero-order valence-electron chi connectivity index (χ0n) is 14.5. The van der Waals surface area contributed by atoms with Crippen molar-refractivity contribution in [3.8, 4) is 0 Å². The number of amides is 1. The van der Waals surface area contributed by atoms with Crippen LogP contribution in [-0.2, 0) is 11.3 Å². The molecule has 23 heavy (non-hydrogen) atoms. The fourth-order valence-electron chi connectivity index (χ4n) is 3.86. The summed E-state index contributed by atoms with van der Waals surface area (Å²) in [5, 5.41) is 0. The molecule has 0 aliphatic carbocycles. The van der Waals surface area contributed by atoms with E-state index in [1.54, 1.807) is 0 Å². The lowest BCUT2D eigenvalue weighted by Gasteiger charge is -2.32. The minimum atomic E-state index is 0.314. The van der Waals surface area contributed by atoms with E-state index < -0.39 is 0 Å². The Kier molecular flexibility index (Phi) is 5.21. The summed E-state index contributed by atoms with van der Waals surface area (Å²) in [4.78, 5) is 19.4. The van der Waals surface area contributed by atoms with Gasteiger partial charge in [-0.1, -0.05) is 24.6 Å². The number of hydrogen-bond donors (Lipinski definition) is 0. The summed E-state index contributed by atoms with van der Waals surface area (Å²) in [7, 11) is 4.31. The second kappa shape index (κ2) is 7.35. The van der Waals surface area contributed by atoms with Gasteiger partial charge in [0.15, 0.2) is 0 Å². The Hall–Kier alpha value is -1.55. The van der Waals surface area contributed by atoms with Gasteiger partial charge in [-0.25, -0.2) is 0 Å². The SMILES string of the molecule is CN1CCN(C(=O)CCC2CCCCN2C)Cc2ccccc21. The van der Waals surface area contributed by atoms with Crippen LogP contribution in [-0.4, -0.2) is 55.5 Å². The van der Waals surface area contributed by atoms with Crippen LogP contribution in [0, 0.1) is 0 Å². The van der Waals surface area contributed by atoms with Crippen molar-refractivity contribution >= 4 is 11.6 Å². The Morgan fingerprint density at radius 2 is 1.96 bits per heavy atom. The summed E-state index contributed by atoms with van der Waals surface area (Å²) in [5.74, 6) is 0.314. The highest BCUT2D eigenvalue weighted by Crippen LogP contribution is 2.25. The number of rotatable bonds is 3. The van der Waals surface area contributed by atoms with E-state index in [-0.39, 0.29) is 0 Å². The minimum absolute atomic E-state index is 0.314. The average molecular weight is 315 g/mol. The molecule has 1 atom stereocenters. The molecule has 1 aromatic carbocycles. The van der Waals surface area contributed by atoms with Crippen LogP contribution < -0.4 is 4.90 Å². The molecule has 0 aromatic heterocycles. The smallest absolute Gasteiger partial charge is 0.222 e. The maximum Gasteiger partial charge on any atom is 0.222 e. The van der Waals surface area contributed by atoms with Crippen molar-refractivity contribution in [3.05, 3.63) is 29.8 Å². The van der Waals surface area contributed by atoms with Gasteiger partial charge in [-0.3, -0.25) is 4.79 Å². The number of hydrogen-bond acceptors (Lipinski definition) is 3. The molecule has 0 radical (unpaired) electrons. The predicted octanol–water partition coefficient (Wildman–Crippen LogP) is 2.73. The van der Waals surface area contributed by atoms with Crippen LogP contribution >= 0.6 is 0 Å². The van der Waals surface area contributed by atoms with Gasteiger partial charge in [0.05, 0.1) is 0 Å². The highest BCUT2D eigenvalue weighted by Gasteiger charge is 2.24. The summed E-state index contributed by atoms with van der Waals surface area (Å²) in [6, 6.07) is 9.03. The molecule has 1 fully saturated rings. The number of likely N-dealkylation sites (tertiary alicyclic amines) is 1. The van der Waals surface area contributed by atoms with Gasteiger partial charge in [-0.05, 0) is 44.5 Å². The van der Waals surface area contributed by atoms with Crippen LogP contribution in [0.1, 0.15) is 37.7 Å². The molecule has 2 heterocycles. The van der Waals surface area contributed by atoms with E-state index in [0.29, 0.717) is 18.4 Å². The average Bonchev–Trinajstić information content (AvgIpc) is 2.74. The molecule has 0 N–H and O–H groups in total. The third-order valence-corrected chi connectivity index (χ3v) is 5.44. The second-order valence-corrected chi connectivity index (χ2v) is 7.03. The molecular weight excluding hydrogens is 286 g/mol. The van der Waals surface area contributed by atoms with Gasteiger partial charge >= 0.3 is 0 Å². The minimum Gasteiger partial charge on any atom is -0.373 e. The van der Waals surface area contributed by atoms with E-state index in [1.165, 1.54) is 37.1 Å². The number of carbonyl (C=O) groups is 1. The quantitative estimate of drug-likeness (QED) is 0.858. The maximum absolute atomic E-state index is 12.7. The van der Waals surface area contributed by atoms with Crippen LogP contribution in [0.5, 0.6) is 0 Å². The van der Waals surface area contributed by atoms with Crippen LogP contribution in [0.4, 0.5) is 5.69 Å². The van der Waals surface area contributed by atoms with E-state index in [4.69, 9.17) is 0 Å². The van der Waals surface area contributed by atoms with E-state index >= 15 is 0 Å². The molecular formula is C19H29N3O. The van der Waals surface area contributed by atoms with E-state index in [0.717, 1.165) is 26.1 Å². The van der Waals surface area contributed by atoms with E-state index in [9.17, 15) is 4.79 Å². The molecule has 0 saturated carbocycles. The Morgan fingerprint density at radius 3 is 2.78 bits per heavy atom. The number of piperidine rings is 1. The number of carbonyl (C=O) groups excluding carboxylic acids is 1. The van der Waals surface area contributed by atoms with Gasteiger partial charge < -0.3 is 14.7 Å². The molecule has 1 amide bonds. The zero-order chi connectivity index (χ0) is 16.2. The summed E-state index contributed by atoms with van der Waals surface area (Å²) in [6.45, 7) is 3.66. The van der Waals surface area contributed by atoms with Crippen LogP contribution in [0.25, 0.3) is 0 Å². The number of fused-ring (bicyclic) bond motifs is 1. The summed E-state index contributed by atoms with van der Waals surface area (Å²) < 4.78 is 0. The molecule has 126 valence electrons. The molecule has 0 bridgehead atoms. The van der Waals surface area contributed by atoms with Gasteiger partial charge in [0, 0.05) is 44.8 Å². The molecule has 2 aliphatic heterocycles. The summed E-state index contributed by atoms with van der Waals surface area (Å²) in [5.41, 5.74) is 2.52. The summed E-state index contributed by atoms with van der Waals surface area (Å²) in [6.07, 6.45) is 5.54. The Bertz CT molecular complexity index is 545. The third kappa shape index (κ3) is 3.86. The van der Waals surface area contributed by atoms with Crippen molar-refractivity contribution < 1.29 is 4.79 Å². The van der Waals surface area contributed by atoms with Crippen LogP contribution in [0.15, 0.2) is 24.3 Å². The van der Waals surface area contributed by atoms with Gasteiger partial charge in [0.1, 0.15) is 0 Å². The standard InChI is InChI=1S/C19H29N3O/c1-20-12-6-5-8-17(20)10-11-19(23)22-14-13-21(2)18-9-4-3-7-16(18)15-22/h3-4,7,9,17H,5-6,8,10-15H2,1-2H3. The molecule has 3 rings (SSSR count). The lowest BCUT2D eigenvalue weighted by atomic mass is 9.98. The van der Waals surface area contributed by atoms with Crippen molar-refractivity contribution in [2.45, 2.75) is 44.7 Å². The highest BCUT2D eigenvalue weighted by molar-refractivity contribution is 5.77. The van der Waals surface area contributed by atoms with Crippen LogP contribution in [0.2, 0.25) is 0 Å². The summed E-state index contributed by atoms with van der Waals surface area (Å²) >= 11 is 0. The van der Waals surface area contributed by atoms with Crippen LogP contribution in [0.3, 0.4) is 0 Å². The van der Waals surface area contributed by atoms with Gasteiger partial charge in [0.25, 0.3) is 0 Å². The van der Waals surface area contributed by atoms with Crippen molar-refractivity contribution in [1.82, 2.24) is 9.80 Å². The fourth-order valence-corrected chi connectivity index (χ4v) is 3.86. The lowest BCUT2D eigenvalue weighted by Crippen LogP contribution is -2.38. The Balaban J connectivity index is 1.59. The fraction of sp³-hybridized carbons (Fsp3) is 0.632. The second-order valence-electron chi connectivity index (χ2n) is 7.03. The van der Waals surface area contributed by atoms with Crippen molar-refractivity contribution in [3.63, 3.8) is 0 Å². The van der Waals surface area contributed by atoms with Crippen molar-refractivity contribution in [1.29, 1.82) is 0 Å². The molecule has 4 nitrogen and oxygen atoms in total. The van der Waals surface area contributed by atoms with Crippen molar-refractivity contribution in [2.24, 2.45) is 0 Å². The molecule has 4 heteroatoms. The van der Waals surface area contributed by atoms with Gasteiger partial charge in [-0.15, -0.1) is 0 Å². The topological polar surface area (TPSA) is 26.8 Å². The molecule has 2 aliphatic rings. The van der Waals surface area contributed by atoms with Crippen molar-refractivity contribution in [2.75, 3.05) is 38.6 Å². The normalized spacial score (nSPS) is 22.6. The van der Waals surface area contributed by atoms with Gasteiger partial charge in [-0.2, -0.15) is 0 Å². The lowest BCUT2D eigenvalue weighted by molar-refractivity contribution is -0.132. The van der Waals surface area contributed by atoms with E-state index in [1.807, 2.05) is 4.90 Å². The Labute approximate surface area is 140 Å². The first-order valence-electron chi connectivity index (χ1n) is 8.92. The zero-order valence-corrected chi connectivity index (χ0v) is 14.5. The first kappa shape index (κ1) is 16.3. The predicted molar refractivity (Wildman–Crippen MR) is 94.6 cm³/mol. The largest absolute Gasteiger partial charge is 0.373 e. The molecule has 1 saturated heterocycles. The number of anilines is 1. The number of benzene rings is 1. The number of nitrogens with zero attached hydrogens (tertiary/aromatic N) is 3. The highest BCUT2D eigenvalue weighted by atomic mass is 16.2. The first-order valence-corrected chi connectivity index (χ1v) is 8.92. The number of para-hydroxylation sites is 1. The van der Waals surface area contributed by atoms with E-state index in [2.05, 4.69) is 48.2 Å². The Morgan fingerprint density at radius 1 is 1.13 bits per heavy atom. The molecule has 0 spiro atoms. The number of likely N-dealkylation sites (N-methyl/N-ethyl adjacent to an activating group) is 1. The maximum atomic E-state index is 12.7. The third-order valence-electron chi connectivity index (χ3n) is 5.44. The molecule has 1 unspecified atom stereocenters. The monoisotopic (exact) mass is 315 g/mol. The molecule has 1 aromatic rings. The first-order chi connectivity index (χ1) is 11.1.